The molecule has 0 bridgehead atoms. The van der Waals surface area contributed by atoms with Gasteiger partial charge >= 0.3 is 0 Å². The van der Waals surface area contributed by atoms with E-state index in [1.54, 1.807) is 11.8 Å². The first-order chi connectivity index (χ1) is 8.47. The van der Waals surface area contributed by atoms with Crippen LogP contribution in [0.4, 0.5) is 8.78 Å². The molecule has 0 aromatic heterocycles. The molecule has 0 aliphatic heterocycles. The van der Waals surface area contributed by atoms with Gasteiger partial charge in [0.15, 0.2) is 0 Å². The summed E-state index contributed by atoms with van der Waals surface area (Å²) in [4.78, 5) is 0. The highest BCUT2D eigenvalue weighted by atomic mass is 79.9. The highest BCUT2D eigenvalue weighted by Gasteiger charge is 2.21. The Labute approximate surface area is 119 Å². The summed E-state index contributed by atoms with van der Waals surface area (Å²) in [5, 5.41) is 0. The lowest BCUT2D eigenvalue weighted by Crippen LogP contribution is -2.31. The van der Waals surface area contributed by atoms with E-state index in [2.05, 4.69) is 35.2 Å². The van der Waals surface area contributed by atoms with Crippen LogP contribution in [0, 0.1) is 17.6 Å². The van der Waals surface area contributed by atoms with E-state index in [4.69, 9.17) is 5.84 Å². The minimum atomic E-state index is -0.594. The maximum atomic E-state index is 13.9. The van der Waals surface area contributed by atoms with Crippen molar-refractivity contribution in [2.45, 2.75) is 19.9 Å². The Kier molecular flexibility index (Phi) is 6.55. The van der Waals surface area contributed by atoms with Crippen molar-refractivity contribution in [2.24, 2.45) is 11.8 Å². The number of hydrogen-bond donors (Lipinski definition) is 2. The Bertz CT molecular complexity index is 402. The molecular formula is C12H17BrF2N2S. The molecule has 18 heavy (non-hydrogen) atoms. The van der Waals surface area contributed by atoms with E-state index >= 15 is 0 Å². The van der Waals surface area contributed by atoms with Gasteiger partial charge in [-0.25, -0.2) is 8.78 Å². The van der Waals surface area contributed by atoms with Crippen LogP contribution in [-0.2, 0) is 0 Å². The molecule has 0 aliphatic carbocycles. The molecule has 3 N–H and O–H groups in total. The van der Waals surface area contributed by atoms with Gasteiger partial charge in [-0.1, -0.05) is 13.8 Å². The Morgan fingerprint density at radius 3 is 2.56 bits per heavy atom. The fourth-order valence-electron chi connectivity index (χ4n) is 1.50. The van der Waals surface area contributed by atoms with Crippen molar-refractivity contribution >= 4 is 27.7 Å². The van der Waals surface area contributed by atoms with Crippen molar-refractivity contribution in [1.82, 2.24) is 5.43 Å². The molecule has 6 heteroatoms. The minimum absolute atomic E-state index is 0.0110. The molecule has 0 heterocycles. The lowest BCUT2D eigenvalue weighted by Gasteiger charge is -2.18. The molecule has 1 rings (SSSR count). The number of nitrogens with two attached hydrogens (primary N) is 1. The summed E-state index contributed by atoms with van der Waals surface area (Å²) < 4.78 is 27.8. The summed E-state index contributed by atoms with van der Waals surface area (Å²) in [7, 11) is 0. The van der Waals surface area contributed by atoms with Crippen LogP contribution >= 0.6 is 27.7 Å². The number of rotatable bonds is 6. The van der Waals surface area contributed by atoms with E-state index in [-0.39, 0.29) is 10.0 Å². The lowest BCUT2D eigenvalue weighted by atomic mass is 10.1. The first-order valence-electron chi connectivity index (χ1n) is 5.64. The average molecular weight is 339 g/mol. The molecule has 102 valence electrons. The number of nitrogens with one attached hydrogen (secondary N) is 1. The Hall–Kier alpha value is -0.170. The fourth-order valence-corrected chi connectivity index (χ4v) is 2.95. The fraction of sp³-hybridized carbons (Fsp3) is 0.500. The highest BCUT2D eigenvalue weighted by molar-refractivity contribution is 9.10. The zero-order chi connectivity index (χ0) is 13.7. The summed E-state index contributed by atoms with van der Waals surface area (Å²) in [5.41, 5.74) is 2.47. The number of hydrogen-bond acceptors (Lipinski definition) is 3. The van der Waals surface area contributed by atoms with Crippen molar-refractivity contribution in [1.29, 1.82) is 0 Å². The Morgan fingerprint density at radius 1 is 1.33 bits per heavy atom. The van der Waals surface area contributed by atoms with Crippen molar-refractivity contribution in [3.8, 4) is 0 Å². The molecule has 2 nitrogen and oxygen atoms in total. The Balaban J connectivity index is 2.85. The van der Waals surface area contributed by atoms with Gasteiger partial charge in [0.25, 0.3) is 0 Å². The Morgan fingerprint density at radius 2 is 2.00 bits per heavy atom. The molecule has 0 fully saturated rings. The van der Waals surface area contributed by atoms with Gasteiger partial charge in [0.05, 0.1) is 10.5 Å². The van der Waals surface area contributed by atoms with Gasteiger partial charge in [-0.3, -0.25) is 11.3 Å². The molecule has 0 radical (unpaired) electrons. The lowest BCUT2D eigenvalue weighted by molar-refractivity contribution is 0.497. The monoisotopic (exact) mass is 338 g/mol. The third-order valence-electron chi connectivity index (χ3n) is 2.36. The summed E-state index contributed by atoms with van der Waals surface area (Å²) in [5.74, 6) is 6.21. The average Bonchev–Trinajstić information content (AvgIpc) is 2.32. The van der Waals surface area contributed by atoms with E-state index in [1.807, 2.05) is 0 Å². The second-order valence-electron chi connectivity index (χ2n) is 4.41. The zero-order valence-electron chi connectivity index (χ0n) is 10.3. The van der Waals surface area contributed by atoms with Crippen LogP contribution in [0.5, 0.6) is 0 Å². The minimum Gasteiger partial charge on any atom is -0.271 e. The van der Waals surface area contributed by atoms with Gasteiger partial charge in [-0.05, 0) is 39.7 Å². The van der Waals surface area contributed by atoms with Gasteiger partial charge in [0, 0.05) is 11.3 Å². The van der Waals surface area contributed by atoms with Crippen molar-refractivity contribution in [2.75, 3.05) is 11.5 Å². The third kappa shape index (κ3) is 4.19. The number of benzene rings is 1. The summed E-state index contributed by atoms with van der Waals surface area (Å²) in [6, 6.07) is 2.05. The largest absolute Gasteiger partial charge is 0.271 e. The molecule has 1 aromatic rings. The van der Waals surface area contributed by atoms with Crippen molar-refractivity contribution in [3.05, 3.63) is 33.8 Å². The SMILES string of the molecule is CC(C)CSCC(NN)c1c(F)ccc(Br)c1F. The predicted octanol–water partition coefficient (Wildman–Crippen LogP) is 3.62. The number of thioether (sulfide) groups is 1. The quantitative estimate of drug-likeness (QED) is 0.472. The molecular weight excluding hydrogens is 322 g/mol. The van der Waals surface area contributed by atoms with E-state index in [9.17, 15) is 8.78 Å². The third-order valence-corrected chi connectivity index (χ3v) is 4.45. The summed E-state index contributed by atoms with van der Waals surface area (Å²) in [6.07, 6.45) is 0. The number of halogens is 3. The van der Waals surface area contributed by atoms with E-state index < -0.39 is 17.7 Å². The standard InChI is InChI=1S/C12H17BrF2N2S/c1-7(2)5-18-6-10(17-16)11-9(14)4-3-8(13)12(11)15/h3-4,7,10,17H,5-6,16H2,1-2H3. The topological polar surface area (TPSA) is 38.0 Å². The van der Waals surface area contributed by atoms with E-state index in [0.717, 1.165) is 5.75 Å². The first kappa shape index (κ1) is 15.9. The summed E-state index contributed by atoms with van der Waals surface area (Å²) in [6.45, 7) is 4.19. The van der Waals surface area contributed by atoms with Gasteiger partial charge in [-0.15, -0.1) is 0 Å². The predicted molar refractivity (Wildman–Crippen MR) is 76.3 cm³/mol. The second-order valence-corrected chi connectivity index (χ2v) is 6.34. The van der Waals surface area contributed by atoms with Gasteiger partial charge in [0.2, 0.25) is 0 Å². The molecule has 0 amide bonds. The maximum absolute atomic E-state index is 13.9. The molecule has 0 saturated heterocycles. The molecule has 1 aromatic carbocycles. The van der Waals surface area contributed by atoms with Crippen LogP contribution in [0.3, 0.4) is 0 Å². The van der Waals surface area contributed by atoms with E-state index in [1.165, 1.54) is 12.1 Å². The van der Waals surface area contributed by atoms with Crippen LogP contribution in [0.25, 0.3) is 0 Å². The second kappa shape index (κ2) is 7.43. The van der Waals surface area contributed by atoms with Gasteiger partial charge in [-0.2, -0.15) is 11.8 Å². The highest BCUT2D eigenvalue weighted by Crippen LogP contribution is 2.28. The van der Waals surface area contributed by atoms with Crippen LogP contribution in [0.1, 0.15) is 25.5 Å². The van der Waals surface area contributed by atoms with E-state index in [0.29, 0.717) is 11.7 Å². The van der Waals surface area contributed by atoms with Crippen LogP contribution in [0.15, 0.2) is 16.6 Å². The smallest absolute Gasteiger partial charge is 0.145 e. The first-order valence-corrected chi connectivity index (χ1v) is 7.59. The maximum Gasteiger partial charge on any atom is 0.145 e. The van der Waals surface area contributed by atoms with Gasteiger partial charge < -0.3 is 0 Å². The van der Waals surface area contributed by atoms with Crippen LogP contribution in [-0.4, -0.2) is 11.5 Å². The van der Waals surface area contributed by atoms with Crippen molar-refractivity contribution in [3.63, 3.8) is 0 Å². The number of hydrazine groups is 1. The normalized spacial score (nSPS) is 13.1. The summed E-state index contributed by atoms with van der Waals surface area (Å²) >= 11 is 4.67. The molecule has 1 atom stereocenters. The van der Waals surface area contributed by atoms with Crippen molar-refractivity contribution < 1.29 is 8.78 Å². The molecule has 0 aliphatic rings. The zero-order valence-corrected chi connectivity index (χ0v) is 12.7. The molecule has 0 saturated carbocycles. The van der Waals surface area contributed by atoms with Gasteiger partial charge in [0.1, 0.15) is 11.6 Å². The molecule has 0 spiro atoms. The molecule has 1 unspecified atom stereocenters. The van der Waals surface area contributed by atoms with Crippen LogP contribution < -0.4 is 11.3 Å². The van der Waals surface area contributed by atoms with Crippen LogP contribution in [0.2, 0.25) is 0 Å².